The van der Waals surface area contributed by atoms with E-state index in [1.807, 2.05) is 38.1 Å². The summed E-state index contributed by atoms with van der Waals surface area (Å²) in [4.78, 5) is 28.4. The van der Waals surface area contributed by atoms with Gasteiger partial charge in [-0.15, -0.1) is 0 Å². The number of nitrogens with zero attached hydrogens (tertiary/aromatic N) is 2. The Balaban J connectivity index is 2.02. The minimum Gasteiger partial charge on any atom is -0.497 e. The van der Waals surface area contributed by atoms with Crippen LogP contribution in [0.3, 0.4) is 0 Å². The molecule has 0 aliphatic heterocycles. The maximum atomic E-state index is 13.9. The lowest BCUT2D eigenvalue weighted by Gasteiger charge is -2.32. The third-order valence-corrected chi connectivity index (χ3v) is 9.01. The first-order chi connectivity index (χ1) is 19.0. The van der Waals surface area contributed by atoms with E-state index in [-0.39, 0.29) is 29.1 Å². The molecule has 3 aromatic rings. The number of nitrogens with one attached hydrogen (secondary N) is 1. The fourth-order valence-electron chi connectivity index (χ4n) is 3.87. The van der Waals surface area contributed by atoms with E-state index >= 15 is 0 Å². The van der Waals surface area contributed by atoms with Gasteiger partial charge in [-0.1, -0.05) is 52.7 Å². The Bertz CT molecular complexity index is 1420. The number of halogens is 2. The Hall–Kier alpha value is -3.08. The Morgan fingerprint density at radius 3 is 2.25 bits per heavy atom. The number of sulfonamides is 1. The molecule has 0 aromatic heterocycles. The molecule has 2 atom stereocenters. The maximum Gasteiger partial charge on any atom is 0.264 e. The summed E-state index contributed by atoms with van der Waals surface area (Å²) >= 11 is 9.62. The molecule has 0 aliphatic rings. The summed E-state index contributed by atoms with van der Waals surface area (Å²) in [5.41, 5.74) is 1.00. The van der Waals surface area contributed by atoms with Gasteiger partial charge in [-0.2, -0.15) is 0 Å². The number of hydrogen-bond donors (Lipinski definition) is 1. The second kappa shape index (κ2) is 14.0. The van der Waals surface area contributed by atoms with Gasteiger partial charge in [-0.3, -0.25) is 13.9 Å². The van der Waals surface area contributed by atoms with Crippen molar-refractivity contribution in [1.29, 1.82) is 0 Å². The van der Waals surface area contributed by atoms with Crippen molar-refractivity contribution < 1.29 is 22.7 Å². The number of hydrogen-bond acceptors (Lipinski definition) is 5. The van der Waals surface area contributed by atoms with Crippen LogP contribution < -0.4 is 14.4 Å². The van der Waals surface area contributed by atoms with Crippen molar-refractivity contribution in [3.8, 4) is 5.75 Å². The molecule has 40 heavy (non-hydrogen) atoms. The quantitative estimate of drug-likeness (QED) is 0.274. The maximum absolute atomic E-state index is 13.9. The number of carbonyl (C=O) groups excluding carboxylic acids is 2. The molecule has 0 radical (unpaired) electrons. The summed E-state index contributed by atoms with van der Waals surface area (Å²) in [6, 6.07) is 18.6. The van der Waals surface area contributed by atoms with Crippen molar-refractivity contribution in [2.75, 3.05) is 18.0 Å². The third-order valence-electron chi connectivity index (χ3n) is 6.46. The van der Waals surface area contributed by atoms with Crippen LogP contribution in [0.15, 0.2) is 82.2 Å². The molecular formula is C29H33BrClN3O5S. The largest absolute Gasteiger partial charge is 0.497 e. The Morgan fingerprint density at radius 2 is 1.68 bits per heavy atom. The first-order valence-electron chi connectivity index (χ1n) is 12.7. The predicted molar refractivity (Wildman–Crippen MR) is 161 cm³/mol. The first-order valence-corrected chi connectivity index (χ1v) is 15.3. The highest BCUT2D eigenvalue weighted by Gasteiger charge is 2.33. The van der Waals surface area contributed by atoms with Crippen molar-refractivity contribution in [3.05, 3.63) is 87.9 Å². The average Bonchev–Trinajstić information content (AvgIpc) is 2.94. The van der Waals surface area contributed by atoms with Gasteiger partial charge in [0, 0.05) is 22.1 Å². The molecular weight excluding hydrogens is 618 g/mol. The van der Waals surface area contributed by atoms with E-state index in [4.69, 9.17) is 16.3 Å². The van der Waals surface area contributed by atoms with Gasteiger partial charge in [-0.25, -0.2) is 8.42 Å². The average molecular weight is 651 g/mol. The van der Waals surface area contributed by atoms with Crippen molar-refractivity contribution in [3.63, 3.8) is 0 Å². The van der Waals surface area contributed by atoms with Crippen LogP contribution in [-0.4, -0.2) is 50.9 Å². The minimum atomic E-state index is -4.21. The SMILES string of the molecule is CCC(C)NC(=O)C(C)N(Cc1ccc(Br)cc1)C(=O)CN(c1cccc(Cl)c1)S(=O)(=O)c1ccc(OC)cc1. The number of anilines is 1. The molecule has 8 nitrogen and oxygen atoms in total. The Kier molecular flexibility index (Phi) is 11.0. The zero-order valence-corrected chi connectivity index (χ0v) is 26.0. The lowest BCUT2D eigenvalue weighted by Crippen LogP contribution is -2.52. The van der Waals surface area contributed by atoms with Gasteiger partial charge < -0.3 is 15.0 Å². The molecule has 0 fully saturated rings. The van der Waals surface area contributed by atoms with Gasteiger partial charge in [0.1, 0.15) is 18.3 Å². The van der Waals surface area contributed by atoms with E-state index in [9.17, 15) is 18.0 Å². The number of amides is 2. The molecule has 0 bridgehead atoms. The van der Waals surface area contributed by atoms with E-state index in [1.54, 1.807) is 25.1 Å². The molecule has 3 rings (SSSR count). The minimum absolute atomic E-state index is 0.0249. The highest BCUT2D eigenvalue weighted by atomic mass is 79.9. The zero-order valence-electron chi connectivity index (χ0n) is 22.8. The molecule has 1 N–H and O–H groups in total. The summed E-state index contributed by atoms with van der Waals surface area (Å²) in [6.07, 6.45) is 0.724. The number of benzene rings is 3. The molecule has 11 heteroatoms. The van der Waals surface area contributed by atoms with Crippen molar-refractivity contribution in [2.24, 2.45) is 0 Å². The molecule has 214 valence electrons. The Labute approximate surface area is 249 Å². The van der Waals surface area contributed by atoms with Crippen LogP contribution in [0, 0.1) is 0 Å². The van der Waals surface area contributed by atoms with Crippen LogP contribution >= 0.6 is 27.5 Å². The summed E-state index contributed by atoms with van der Waals surface area (Å²) in [5, 5.41) is 3.23. The molecule has 0 saturated carbocycles. The number of methoxy groups -OCH3 is 1. The number of ether oxygens (including phenoxy) is 1. The van der Waals surface area contributed by atoms with E-state index in [2.05, 4.69) is 21.2 Å². The number of rotatable bonds is 12. The second-order valence-corrected chi connectivity index (χ2v) is 12.5. The molecule has 0 heterocycles. The Morgan fingerprint density at radius 1 is 1.02 bits per heavy atom. The first kappa shape index (κ1) is 31.4. The van der Waals surface area contributed by atoms with Crippen molar-refractivity contribution in [1.82, 2.24) is 10.2 Å². The van der Waals surface area contributed by atoms with Gasteiger partial charge >= 0.3 is 0 Å². The summed E-state index contributed by atoms with van der Waals surface area (Å²) < 4.78 is 34.8. The van der Waals surface area contributed by atoms with E-state index in [1.165, 1.54) is 42.3 Å². The summed E-state index contributed by atoms with van der Waals surface area (Å²) in [7, 11) is -2.72. The molecule has 2 unspecified atom stereocenters. The van der Waals surface area contributed by atoms with Crippen LogP contribution in [-0.2, 0) is 26.2 Å². The highest BCUT2D eigenvalue weighted by Crippen LogP contribution is 2.28. The fourth-order valence-corrected chi connectivity index (χ4v) is 5.72. The number of carbonyl (C=O) groups is 2. The summed E-state index contributed by atoms with van der Waals surface area (Å²) in [5.74, 6) is -0.384. The lowest BCUT2D eigenvalue weighted by atomic mass is 10.1. The van der Waals surface area contributed by atoms with Crippen LogP contribution in [0.4, 0.5) is 5.69 Å². The van der Waals surface area contributed by atoms with E-state index < -0.39 is 28.5 Å². The van der Waals surface area contributed by atoms with Crippen molar-refractivity contribution in [2.45, 2.75) is 50.7 Å². The standard InChI is InChI=1S/C29H33BrClN3O5S/c1-5-20(2)32-29(36)21(3)33(18-22-9-11-23(30)12-10-22)28(35)19-34(25-8-6-7-24(31)17-25)40(37,38)27-15-13-26(39-4)14-16-27/h6-17,20-21H,5,18-19H2,1-4H3,(H,32,36). The van der Waals surface area contributed by atoms with Crippen molar-refractivity contribution >= 4 is 55.1 Å². The predicted octanol–water partition coefficient (Wildman–Crippen LogP) is 5.64. The molecule has 0 aliphatic carbocycles. The summed E-state index contributed by atoms with van der Waals surface area (Å²) in [6.45, 7) is 5.02. The van der Waals surface area contributed by atoms with E-state index in [0.717, 1.165) is 20.8 Å². The molecule has 2 amide bonds. The van der Waals surface area contributed by atoms with Gasteiger partial charge in [0.2, 0.25) is 11.8 Å². The smallest absolute Gasteiger partial charge is 0.264 e. The van der Waals surface area contributed by atoms with Crippen LogP contribution in [0.1, 0.15) is 32.8 Å². The topological polar surface area (TPSA) is 96.0 Å². The van der Waals surface area contributed by atoms with Crippen LogP contribution in [0.2, 0.25) is 5.02 Å². The zero-order chi connectivity index (χ0) is 29.4. The fraction of sp³-hybridized carbons (Fsp3) is 0.310. The highest BCUT2D eigenvalue weighted by molar-refractivity contribution is 9.10. The monoisotopic (exact) mass is 649 g/mol. The van der Waals surface area contributed by atoms with Gasteiger partial charge in [0.05, 0.1) is 17.7 Å². The third kappa shape index (κ3) is 7.99. The molecule has 0 spiro atoms. The lowest BCUT2D eigenvalue weighted by molar-refractivity contribution is -0.139. The van der Waals surface area contributed by atoms with Crippen LogP contribution in [0.25, 0.3) is 0 Å². The van der Waals surface area contributed by atoms with Gasteiger partial charge in [-0.05, 0) is 80.4 Å². The normalized spacial score (nSPS) is 12.8. The second-order valence-electron chi connectivity index (χ2n) is 9.31. The van der Waals surface area contributed by atoms with Gasteiger partial charge in [0.15, 0.2) is 0 Å². The molecule has 0 saturated heterocycles. The van der Waals surface area contributed by atoms with Crippen LogP contribution in [0.5, 0.6) is 5.75 Å². The van der Waals surface area contributed by atoms with E-state index in [0.29, 0.717) is 10.8 Å². The molecule has 3 aromatic carbocycles. The van der Waals surface area contributed by atoms with Gasteiger partial charge in [0.25, 0.3) is 10.0 Å².